The number of nitrogens with one attached hydrogen (secondary N) is 1. The predicted octanol–water partition coefficient (Wildman–Crippen LogP) is 4.24. The summed E-state index contributed by atoms with van der Waals surface area (Å²) in [7, 11) is -2.07. The Morgan fingerprint density at radius 1 is 1.17 bits per heavy atom. The van der Waals surface area contributed by atoms with Crippen LogP contribution in [0.25, 0.3) is 0 Å². The number of nitrogens with zero attached hydrogens (tertiary/aromatic N) is 3. The van der Waals surface area contributed by atoms with Crippen LogP contribution in [0.4, 0.5) is 8.78 Å². The van der Waals surface area contributed by atoms with Gasteiger partial charge in [-0.1, -0.05) is 30.3 Å². The molecule has 0 aliphatic carbocycles. The predicted molar refractivity (Wildman–Crippen MR) is 128 cm³/mol. The fourth-order valence-electron chi connectivity index (χ4n) is 4.45. The van der Waals surface area contributed by atoms with Crippen molar-refractivity contribution in [1.29, 1.82) is 0 Å². The first-order valence-corrected chi connectivity index (χ1v) is 12.9. The van der Waals surface area contributed by atoms with E-state index in [1.807, 2.05) is 6.07 Å². The van der Waals surface area contributed by atoms with Crippen molar-refractivity contribution in [3.8, 4) is 0 Å². The van der Waals surface area contributed by atoms with E-state index in [0.717, 1.165) is 12.1 Å². The zero-order valence-electron chi connectivity index (χ0n) is 19.8. The van der Waals surface area contributed by atoms with Crippen molar-refractivity contribution in [2.45, 2.75) is 50.6 Å². The number of aryl methyl sites for hydroxylation is 1. The highest BCUT2D eigenvalue weighted by Crippen LogP contribution is 2.38. The average molecular weight is 503 g/mol. The molecule has 2 heterocycles. The zero-order valence-corrected chi connectivity index (χ0v) is 20.6. The molecule has 1 amide bonds. The molecule has 1 saturated heterocycles. The smallest absolute Gasteiger partial charge is 0.271 e. The number of aromatic nitrogens is 2. The van der Waals surface area contributed by atoms with Crippen LogP contribution in [0, 0.1) is 11.6 Å². The van der Waals surface area contributed by atoms with Gasteiger partial charge in [0.25, 0.3) is 5.91 Å². The van der Waals surface area contributed by atoms with E-state index in [9.17, 15) is 13.2 Å². The van der Waals surface area contributed by atoms with Gasteiger partial charge in [-0.25, -0.2) is 22.2 Å². The quantitative estimate of drug-likeness (QED) is 0.546. The van der Waals surface area contributed by atoms with Crippen molar-refractivity contribution < 1.29 is 22.0 Å². The Morgan fingerprint density at radius 2 is 1.89 bits per heavy atom. The monoisotopic (exact) mass is 502 g/mol. The van der Waals surface area contributed by atoms with Crippen molar-refractivity contribution in [2.75, 3.05) is 0 Å². The van der Waals surface area contributed by atoms with Crippen molar-refractivity contribution in [1.82, 2.24) is 19.2 Å². The standard InChI is InChI=1S/C25H28F2N4O3S/c1-16-9-10-24(18-7-5-4-6-8-18)35(33,34)31(16)13-19-11-22(27)20(12-21(19)26)17(2)29-25(32)23-14-30(3)15-28-23/h4-8,11-12,14-17,24H,9-10,13H2,1-3H3,(H,29,32)/t16-,17?,24+/m0/s1. The number of benzene rings is 2. The van der Waals surface area contributed by atoms with Gasteiger partial charge in [0.15, 0.2) is 0 Å². The van der Waals surface area contributed by atoms with Gasteiger partial charge in [0.2, 0.25) is 10.0 Å². The van der Waals surface area contributed by atoms with E-state index in [-0.39, 0.29) is 29.4 Å². The number of carbonyl (C=O) groups excluding carboxylic acids is 1. The molecule has 4 rings (SSSR count). The Morgan fingerprint density at radius 3 is 2.54 bits per heavy atom. The van der Waals surface area contributed by atoms with Gasteiger partial charge in [0.05, 0.1) is 12.4 Å². The molecule has 1 aromatic heterocycles. The molecule has 1 aliphatic rings. The second-order valence-corrected chi connectivity index (χ2v) is 11.1. The van der Waals surface area contributed by atoms with Gasteiger partial charge in [-0.05, 0) is 44.4 Å². The summed E-state index contributed by atoms with van der Waals surface area (Å²) in [6.07, 6.45) is 4.06. The Kier molecular flexibility index (Phi) is 7.05. The molecular weight excluding hydrogens is 474 g/mol. The van der Waals surface area contributed by atoms with Crippen LogP contribution in [0.1, 0.15) is 65.2 Å². The Labute approximate surface area is 203 Å². The molecule has 0 bridgehead atoms. The van der Waals surface area contributed by atoms with Crippen LogP contribution in [0.5, 0.6) is 0 Å². The number of hydrogen-bond donors (Lipinski definition) is 1. The van der Waals surface area contributed by atoms with E-state index >= 15 is 8.78 Å². The Bertz CT molecular complexity index is 1330. The maximum absolute atomic E-state index is 15.1. The van der Waals surface area contributed by atoms with Crippen molar-refractivity contribution >= 4 is 15.9 Å². The van der Waals surface area contributed by atoms with Crippen LogP contribution >= 0.6 is 0 Å². The summed E-state index contributed by atoms with van der Waals surface area (Å²) >= 11 is 0. The number of amides is 1. The summed E-state index contributed by atoms with van der Waals surface area (Å²) in [5.74, 6) is -1.97. The molecule has 3 aromatic rings. The van der Waals surface area contributed by atoms with Gasteiger partial charge in [0.1, 0.15) is 22.6 Å². The molecule has 0 saturated carbocycles. The van der Waals surface area contributed by atoms with Crippen molar-refractivity contribution in [2.24, 2.45) is 7.05 Å². The first-order valence-electron chi connectivity index (χ1n) is 11.4. The third-order valence-corrected chi connectivity index (χ3v) is 8.81. The molecule has 1 aliphatic heterocycles. The lowest BCUT2D eigenvalue weighted by Crippen LogP contribution is -2.44. The second kappa shape index (κ2) is 9.87. The molecule has 35 heavy (non-hydrogen) atoms. The third kappa shape index (κ3) is 5.13. The first kappa shape index (κ1) is 25.0. The SMILES string of the molecule is CC(NC(=O)c1cn(C)cn1)c1cc(F)c(CN2[C@@H](C)CC[C@H](c3ccccc3)S2(=O)=O)cc1F. The minimum Gasteiger partial charge on any atom is -0.344 e. The Hall–Kier alpha value is -3.11. The lowest BCUT2D eigenvalue weighted by Gasteiger charge is -2.37. The van der Waals surface area contributed by atoms with E-state index in [1.54, 1.807) is 49.7 Å². The molecule has 1 fully saturated rings. The molecule has 3 atom stereocenters. The van der Waals surface area contributed by atoms with Crippen molar-refractivity contribution in [3.63, 3.8) is 0 Å². The summed E-state index contributed by atoms with van der Waals surface area (Å²) in [5.41, 5.74) is 0.754. The number of sulfonamides is 1. The summed E-state index contributed by atoms with van der Waals surface area (Å²) in [4.78, 5) is 16.3. The molecular formula is C25H28F2N4O3S. The van der Waals surface area contributed by atoms with E-state index in [4.69, 9.17) is 0 Å². The van der Waals surface area contributed by atoms with Crippen LogP contribution < -0.4 is 5.32 Å². The minimum absolute atomic E-state index is 0.0350. The molecule has 7 nitrogen and oxygen atoms in total. The Balaban J connectivity index is 1.55. The van der Waals surface area contributed by atoms with Gasteiger partial charge in [-0.15, -0.1) is 0 Å². The van der Waals surface area contributed by atoms with Crippen LogP contribution in [0.15, 0.2) is 55.0 Å². The van der Waals surface area contributed by atoms with Crippen LogP contribution in [0.2, 0.25) is 0 Å². The highest BCUT2D eigenvalue weighted by atomic mass is 32.2. The highest BCUT2D eigenvalue weighted by Gasteiger charge is 2.40. The van der Waals surface area contributed by atoms with E-state index in [0.29, 0.717) is 18.4 Å². The van der Waals surface area contributed by atoms with Crippen LogP contribution in [-0.4, -0.2) is 34.2 Å². The van der Waals surface area contributed by atoms with Gasteiger partial charge in [-0.3, -0.25) is 4.79 Å². The molecule has 186 valence electrons. The molecule has 2 aromatic carbocycles. The van der Waals surface area contributed by atoms with Crippen molar-refractivity contribution in [3.05, 3.63) is 89.0 Å². The van der Waals surface area contributed by atoms with Gasteiger partial charge < -0.3 is 9.88 Å². The van der Waals surface area contributed by atoms with E-state index < -0.39 is 38.9 Å². The van der Waals surface area contributed by atoms with Gasteiger partial charge in [0, 0.05) is 37.0 Å². The highest BCUT2D eigenvalue weighted by molar-refractivity contribution is 7.89. The molecule has 10 heteroatoms. The molecule has 1 N–H and O–H groups in total. The number of halogens is 2. The average Bonchev–Trinajstić information content (AvgIpc) is 3.25. The lowest BCUT2D eigenvalue weighted by atomic mass is 10.0. The fourth-order valence-corrected chi connectivity index (χ4v) is 6.64. The zero-order chi connectivity index (χ0) is 25.3. The van der Waals surface area contributed by atoms with Gasteiger partial charge >= 0.3 is 0 Å². The minimum atomic E-state index is -3.79. The number of hydrogen-bond acceptors (Lipinski definition) is 4. The van der Waals surface area contributed by atoms with Crippen LogP contribution in [-0.2, 0) is 23.6 Å². The third-order valence-electron chi connectivity index (χ3n) is 6.44. The number of carbonyl (C=O) groups is 1. The molecule has 1 unspecified atom stereocenters. The largest absolute Gasteiger partial charge is 0.344 e. The summed E-state index contributed by atoms with van der Waals surface area (Å²) in [6, 6.07) is 9.79. The second-order valence-electron chi connectivity index (χ2n) is 9.00. The van der Waals surface area contributed by atoms with E-state index in [2.05, 4.69) is 10.3 Å². The van der Waals surface area contributed by atoms with Gasteiger partial charge in [-0.2, -0.15) is 4.31 Å². The summed E-state index contributed by atoms with van der Waals surface area (Å²) in [6.45, 7) is 3.04. The number of imidazole rings is 1. The maximum atomic E-state index is 15.1. The molecule has 0 radical (unpaired) electrons. The summed E-state index contributed by atoms with van der Waals surface area (Å²) in [5, 5.41) is 1.88. The first-order chi connectivity index (χ1) is 16.6. The van der Waals surface area contributed by atoms with Crippen LogP contribution in [0.3, 0.4) is 0 Å². The number of rotatable bonds is 6. The topological polar surface area (TPSA) is 84.3 Å². The molecule has 0 spiro atoms. The van der Waals surface area contributed by atoms with E-state index in [1.165, 1.54) is 16.8 Å². The normalized spacial score (nSPS) is 20.9. The maximum Gasteiger partial charge on any atom is 0.271 e. The lowest BCUT2D eigenvalue weighted by molar-refractivity contribution is 0.0934. The summed E-state index contributed by atoms with van der Waals surface area (Å²) < 4.78 is 59.8. The fraction of sp³-hybridized carbons (Fsp3) is 0.360.